The quantitative estimate of drug-likeness (QED) is 0.829. The Morgan fingerprint density at radius 3 is 2.88 bits per heavy atom. The first-order valence-corrected chi connectivity index (χ1v) is 8.62. The van der Waals surface area contributed by atoms with Crippen LogP contribution in [0, 0.1) is 0 Å². The Morgan fingerprint density at radius 2 is 2.17 bits per heavy atom. The minimum absolute atomic E-state index is 0.0236. The zero-order valence-electron chi connectivity index (χ0n) is 14.2. The Kier molecular flexibility index (Phi) is 4.92. The van der Waals surface area contributed by atoms with Gasteiger partial charge in [0.05, 0.1) is 0 Å². The van der Waals surface area contributed by atoms with Gasteiger partial charge in [0.2, 0.25) is 11.8 Å². The first-order valence-electron chi connectivity index (χ1n) is 8.62. The van der Waals surface area contributed by atoms with Crippen molar-refractivity contribution in [3.8, 4) is 0 Å². The molecule has 3 rings (SSSR count). The highest BCUT2D eigenvalue weighted by molar-refractivity contribution is 6.39. The van der Waals surface area contributed by atoms with Crippen molar-refractivity contribution in [3.63, 3.8) is 0 Å². The van der Waals surface area contributed by atoms with E-state index in [2.05, 4.69) is 15.2 Å². The predicted octanol–water partition coefficient (Wildman–Crippen LogP) is 1.34. The second-order valence-electron chi connectivity index (χ2n) is 6.15. The number of hydrazone groups is 1. The maximum atomic E-state index is 12.8. The fourth-order valence-electron chi connectivity index (χ4n) is 3.13. The minimum atomic E-state index is -0.0788. The number of nitrogens with zero attached hydrogens (tertiary/aromatic N) is 5. The standard InChI is InChI=1S/C16H23N5O3/c1-3-13-17-15(19-24-13)11-6-5-9-20(10-11)16(23)12-7-8-14(22)21(4-2)18-12/h11H,3-10H2,1-2H3/t11-/m0/s1. The molecule has 0 radical (unpaired) electrons. The number of aromatic nitrogens is 2. The fourth-order valence-corrected chi connectivity index (χ4v) is 3.13. The Balaban J connectivity index is 1.70. The molecule has 1 aromatic heterocycles. The van der Waals surface area contributed by atoms with Crippen LogP contribution in [-0.4, -0.2) is 57.2 Å². The zero-order chi connectivity index (χ0) is 17.1. The highest BCUT2D eigenvalue weighted by atomic mass is 16.5. The van der Waals surface area contributed by atoms with Crippen LogP contribution in [0.5, 0.6) is 0 Å². The van der Waals surface area contributed by atoms with E-state index in [0.717, 1.165) is 12.8 Å². The van der Waals surface area contributed by atoms with E-state index in [0.29, 0.717) is 56.3 Å². The van der Waals surface area contributed by atoms with Crippen molar-refractivity contribution in [3.05, 3.63) is 11.7 Å². The van der Waals surface area contributed by atoms with Crippen LogP contribution in [0.15, 0.2) is 9.62 Å². The molecule has 3 heterocycles. The van der Waals surface area contributed by atoms with Gasteiger partial charge in [-0.1, -0.05) is 12.1 Å². The second-order valence-corrected chi connectivity index (χ2v) is 6.15. The maximum absolute atomic E-state index is 12.8. The van der Waals surface area contributed by atoms with Gasteiger partial charge < -0.3 is 9.42 Å². The van der Waals surface area contributed by atoms with E-state index in [-0.39, 0.29) is 17.7 Å². The van der Waals surface area contributed by atoms with Gasteiger partial charge in [0.1, 0.15) is 5.71 Å². The molecule has 2 amide bonds. The van der Waals surface area contributed by atoms with Crippen LogP contribution in [0.1, 0.15) is 57.2 Å². The third-order valence-corrected chi connectivity index (χ3v) is 4.51. The summed E-state index contributed by atoms with van der Waals surface area (Å²) in [6.45, 7) is 5.58. The highest BCUT2D eigenvalue weighted by Gasteiger charge is 2.32. The number of rotatable bonds is 4. The van der Waals surface area contributed by atoms with Crippen molar-refractivity contribution < 1.29 is 14.1 Å². The Morgan fingerprint density at radius 1 is 1.33 bits per heavy atom. The van der Waals surface area contributed by atoms with Gasteiger partial charge in [-0.05, 0) is 19.8 Å². The number of carbonyl (C=O) groups excluding carboxylic acids is 2. The summed E-state index contributed by atoms with van der Waals surface area (Å²) < 4.78 is 5.19. The number of aryl methyl sites for hydroxylation is 1. The van der Waals surface area contributed by atoms with E-state index >= 15 is 0 Å². The third kappa shape index (κ3) is 3.32. The molecule has 0 spiro atoms. The van der Waals surface area contributed by atoms with Crippen LogP contribution in [0.25, 0.3) is 0 Å². The van der Waals surface area contributed by atoms with Gasteiger partial charge in [0, 0.05) is 44.8 Å². The number of carbonyl (C=O) groups is 2. The lowest BCUT2D eigenvalue weighted by molar-refractivity contribution is -0.132. The largest absolute Gasteiger partial charge is 0.339 e. The number of amides is 2. The van der Waals surface area contributed by atoms with Gasteiger partial charge in [-0.2, -0.15) is 10.1 Å². The molecule has 1 fully saturated rings. The summed E-state index contributed by atoms with van der Waals surface area (Å²) in [5.74, 6) is 1.30. The summed E-state index contributed by atoms with van der Waals surface area (Å²) in [5, 5.41) is 9.66. The van der Waals surface area contributed by atoms with E-state index in [1.54, 1.807) is 4.90 Å². The molecule has 0 unspecified atom stereocenters. The smallest absolute Gasteiger partial charge is 0.270 e. The lowest BCUT2D eigenvalue weighted by Gasteiger charge is -2.32. The van der Waals surface area contributed by atoms with Crippen molar-refractivity contribution in [2.75, 3.05) is 19.6 Å². The molecule has 0 saturated carbocycles. The average Bonchev–Trinajstić information content (AvgIpc) is 3.11. The normalized spacial score (nSPS) is 21.8. The van der Waals surface area contributed by atoms with Crippen molar-refractivity contribution >= 4 is 17.5 Å². The fraction of sp³-hybridized carbons (Fsp3) is 0.688. The van der Waals surface area contributed by atoms with Gasteiger partial charge in [-0.3, -0.25) is 9.59 Å². The van der Waals surface area contributed by atoms with Crippen molar-refractivity contribution in [2.24, 2.45) is 5.10 Å². The van der Waals surface area contributed by atoms with E-state index in [4.69, 9.17) is 4.52 Å². The number of piperidine rings is 1. The van der Waals surface area contributed by atoms with Gasteiger partial charge in [-0.15, -0.1) is 0 Å². The monoisotopic (exact) mass is 333 g/mol. The van der Waals surface area contributed by atoms with Crippen molar-refractivity contribution in [1.82, 2.24) is 20.0 Å². The third-order valence-electron chi connectivity index (χ3n) is 4.51. The number of hydrogen-bond donors (Lipinski definition) is 0. The lowest BCUT2D eigenvalue weighted by atomic mass is 9.96. The molecule has 0 N–H and O–H groups in total. The van der Waals surface area contributed by atoms with Crippen molar-refractivity contribution in [2.45, 2.75) is 51.9 Å². The van der Waals surface area contributed by atoms with Crippen LogP contribution < -0.4 is 0 Å². The minimum Gasteiger partial charge on any atom is -0.339 e. The van der Waals surface area contributed by atoms with Crippen molar-refractivity contribution in [1.29, 1.82) is 0 Å². The molecule has 0 aliphatic carbocycles. The SMILES string of the molecule is CCc1nc([C@H]2CCCN(C(=O)C3=NN(CC)C(=O)CC3)C2)no1. The molecular formula is C16H23N5O3. The molecule has 24 heavy (non-hydrogen) atoms. The molecule has 8 nitrogen and oxygen atoms in total. The Labute approximate surface area is 140 Å². The summed E-state index contributed by atoms with van der Waals surface area (Å²) in [6, 6.07) is 0. The second kappa shape index (κ2) is 7.11. The van der Waals surface area contributed by atoms with Crippen LogP contribution in [0.2, 0.25) is 0 Å². The molecule has 1 atom stereocenters. The molecule has 2 aliphatic rings. The summed E-state index contributed by atoms with van der Waals surface area (Å²) in [4.78, 5) is 30.7. The zero-order valence-corrected chi connectivity index (χ0v) is 14.2. The van der Waals surface area contributed by atoms with Gasteiger partial charge in [0.25, 0.3) is 5.91 Å². The van der Waals surface area contributed by atoms with E-state index in [1.165, 1.54) is 5.01 Å². The van der Waals surface area contributed by atoms with Crippen LogP contribution in [0.3, 0.4) is 0 Å². The molecule has 1 aromatic rings. The molecule has 8 heteroatoms. The number of likely N-dealkylation sites (tertiary alicyclic amines) is 1. The number of hydrogen-bond acceptors (Lipinski definition) is 6. The van der Waals surface area contributed by atoms with E-state index in [9.17, 15) is 9.59 Å². The summed E-state index contributed by atoms with van der Waals surface area (Å²) in [6.07, 6.45) is 3.31. The molecule has 1 saturated heterocycles. The Hall–Kier alpha value is -2.25. The van der Waals surface area contributed by atoms with Gasteiger partial charge in [-0.25, -0.2) is 5.01 Å². The first-order chi connectivity index (χ1) is 11.6. The lowest BCUT2D eigenvalue weighted by Crippen LogP contribution is -2.45. The van der Waals surface area contributed by atoms with Crippen LogP contribution in [-0.2, 0) is 16.0 Å². The van der Waals surface area contributed by atoms with Gasteiger partial charge >= 0.3 is 0 Å². The molecule has 0 bridgehead atoms. The van der Waals surface area contributed by atoms with Gasteiger partial charge in [0.15, 0.2) is 5.82 Å². The van der Waals surface area contributed by atoms with E-state index < -0.39 is 0 Å². The molecule has 2 aliphatic heterocycles. The van der Waals surface area contributed by atoms with Crippen LogP contribution in [0.4, 0.5) is 0 Å². The molecule has 130 valence electrons. The molecule has 0 aromatic carbocycles. The summed E-state index contributed by atoms with van der Waals surface area (Å²) >= 11 is 0. The Bertz CT molecular complexity index is 654. The predicted molar refractivity (Wildman–Crippen MR) is 86.3 cm³/mol. The highest BCUT2D eigenvalue weighted by Crippen LogP contribution is 2.25. The first kappa shape index (κ1) is 16.6. The summed E-state index contributed by atoms with van der Waals surface area (Å²) in [7, 11) is 0. The van der Waals surface area contributed by atoms with Crippen LogP contribution >= 0.6 is 0 Å². The average molecular weight is 333 g/mol. The topological polar surface area (TPSA) is 91.9 Å². The van der Waals surface area contributed by atoms with E-state index in [1.807, 2.05) is 13.8 Å². The summed E-state index contributed by atoms with van der Waals surface area (Å²) in [5.41, 5.74) is 0.472. The maximum Gasteiger partial charge on any atom is 0.270 e. The molecular weight excluding hydrogens is 310 g/mol.